The van der Waals surface area contributed by atoms with Gasteiger partial charge in [-0.1, -0.05) is 13.3 Å². The van der Waals surface area contributed by atoms with Crippen LogP contribution in [0.1, 0.15) is 19.8 Å². The van der Waals surface area contributed by atoms with E-state index in [1.807, 2.05) is 6.92 Å². The van der Waals surface area contributed by atoms with Crippen molar-refractivity contribution >= 4 is 18.3 Å². The number of aliphatic hydroxyl groups excluding tert-OH is 1. The molecule has 0 aromatic carbocycles. The zero-order valence-corrected chi connectivity index (χ0v) is 7.30. The molecule has 0 aromatic heterocycles. The molecule has 11 heavy (non-hydrogen) atoms. The van der Waals surface area contributed by atoms with Crippen LogP contribution in [0.2, 0.25) is 0 Å². The highest BCUT2D eigenvalue weighted by Gasteiger charge is 2.18. The second-order valence-corrected chi connectivity index (χ2v) is 2.30. The van der Waals surface area contributed by atoms with Crippen LogP contribution in [0.4, 0.5) is 0 Å². The molecule has 0 saturated carbocycles. The molecule has 68 valence electrons. The van der Waals surface area contributed by atoms with Gasteiger partial charge in [0.2, 0.25) is 5.91 Å². The summed E-state index contributed by atoms with van der Waals surface area (Å²) in [5.74, 6) is -0.749. The number of primary amides is 1. The lowest BCUT2D eigenvalue weighted by Crippen LogP contribution is -2.43. The highest BCUT2D eigenvalue weighted by molar-refractivity contribution is 5.85. The predicted molar refractivity (Wildman–Crippen MR) is 45.3 cm³/mol. The minimum Gasteiger partial charge on any atom is -0.382 e. The number of halogens is 1. The van der Waals surface area contributed by atoms with Crippen LogP contribution in [0.5, 0.6) is 0 Å². The molecule has 2 unspecified atom stereocenters. The smallest absolute Gasteiger partial charge is 0.247 e. The van der Waals surface area contributed by atoms with E-state index in [9.17, 15) is 4.79 Å². The molecule has 0 saturated heterocycles. The molecule has 1 amide bonds. The van der Waals surface area contributed by atoms with E-state index >= 15 is 0 Å². The van der Waals surface area contributed by atoms with Crippen LogP contribution in [0.15, 0.2) is 0 Å². The summed E-state index contributed by atoms with van der Waals surface area (Å²) in [6, 6.07) is -0.512. The number of hydrogen-bond acceptors (Lipinski definition) is 3. The van der Waals surface area contributed by atoms with Gasteiger partial charge in [0.25, 0.3) is 0 Å². The molecule has 0 aliphatic rings. The molecule has 0 spiro atoms. The Labute approximate surface area is 72.4 Å². The van der Waals surface area contributed by atoms with Crippen LogP contribution in [0.25, 0.3) is 0 Å². The Kier molecular flexibility index (Phi) is 7.72. The van der Waals surface area contributed by atoms with Crippen molar-refractivity contribution < 1.29 is 9.90 Å². The number of aliphatic hydroxyl groups is 1. The van der Waals surface area contributed by atoms with E-state index in [0.29, 0.717) is 6.42 Å². The second kappa shape index (κ2) is 6.39. The van der Waals surface area contributed by atoms with Crippen molar-refractivity contribution in [1.29, 1.82) is 0 Å². The van der Waals surface area contributed by atoms with E-state index in [1.54, 1.807) is 0 Å². The molecule has 0 bridgehead atoms. The third-order valence-corrected chi connectivity index (χ3v) is 1.32. The minimum absolute atomic E-state index is 0. The highest BCUT2D eigenvalue weighted by atomic mass is 35.5. The average molecular weight is 183 g/mol. The first kappa shape index (κ1) is 13.3. The largest absolute Gasteiger partial charge is 0.382 e. The van der Waals surface area contributed by atoms with Gasteiger partial charge >= 0.3 is 0 Å². The van der Waals surface area contributed by atoms with Crippen LogP contribution in [0.3, 0.4) is 0 Å². The summed E-state index contributed by atoms with van der Waals surface area (Å²) >= 11 is 0. The van der Waals surface area contributed by atoms with Gasteiger partial charge in [-0.05, 0) is 6.42 Å². The quantitative estimate of drug-likeness (QED) is 0.542. The lowest BCUT2D eigenvalue weighted by atomic mass is 10.1. The van der Waals surface area contributed by atoms with Gasteiger partial charge in [0, 0.05) is 6.04 Å². The Morgan fingerprint density at radius 3 is 2.36 bits per heavy atom. The third-order valence-electron chi connectivity index (χ3n) is 1.32. The zero-order valence-electron chi connectivity index (χ0n) is 6.49. The fraction of sp³-hybridized carbons (Fsp3) is 0.833. The van der Waals surface area contributed by atoms with Gasteiger partial charge in [-0.15, -0.1) is 12.4 Å². The van der Waals surface area contributed by atoms with Crippen molar-refractivity contribution in [2.45, 2.75) is 31.9 Å². The van der Waals surface area contributed by atoms with E-state index in [0.717, 1.165) is 6.42 Å². The number of hydrogen-bond donors (Lipinski definition) is 3. The number of nitrogens with two attached hydrogens (primary N) is 2. The molecule has 0 fully saturated rings. The van der Waals surface area contributed by atoms with E-state index < -0.39 is 18.1 Å². The Morgan fingerprint density at radius 1 is 1.64 bits per heavy atom. The summed E-state index contributed by atoms with van der Waals surface area (Å²) in [6.45, 7) is 1.92. The third kappa shape index (κ3) is 5.01. The second-order valence-electron chi connectivity index (χ2n) is 2.30. The molecule has 0 radical (unpaired) electrons. The maximum atomic E-state index is 10.3. The van der Waals surface area contributed by atoms with Crippen molar-refractivity contribution in [2.24, 2.45) is 11.5 Å². The van der Waals surface area contributed by atoms with Crippen molar-refractivity contribution in [3.8, 4) is 0 Å². The summed E-state index contributed by atoms with van der Waals surface area (Å²) in [4.78, 5) is 10.3. The van der Waals surface area contributed by atoms with Crippen LogP contribution in [-0.4, -0.2) is 23.2 Å². The van der Waals surface area contributed by atoms with Crippen molar-refractivity contribution in [3.05, 3.63) is 0 Å². The molecule has 0 aliphatic heterocycles. The van der Waals surface area contributed by atoms with Crippen LogP contribution in [0, 0.1) is 0 Å². The fourth-order valence-corrected chi connectivity index (χ4v) is 0.702. The van der Waals surface area contributed by atoms with Crippen LogP contribution in [-0.2, 0) is 4.79 Å². The van der Waals surface area contributed by atoms with Crippen LogP contribution >= 0.6 is 12.4 Å². The summed E-state index contributed by atoms with van der Waals surface area (Å²) in [5, 5.41) is 8.93. The van der Waals surface area contributed by atoms with Crippen molar-refractivity contribution in [2.75, 3.05) is 0 Å². The van der Waals surface area contributed by atoms with Crippen LogP contribution < -0.4 is 11.5 Å². The first-order valence-electron chi connectivity index (χ1n) is 3.32. The van der Waals surface area contributed by atoms with Gasteiger partial charge in [-0.2, -0.15) is 0 Å². The molecule has 0 rings (SSSR count). The average Bonchev–Trinajstić information content (AvgIpc) is 1.87. The SMILES string of the molecule is CCCC(N)C(O)C(N)=O.Cl. The Hall–Kier alpha value is -0.320. The Morgan fingerprint density at radius 2 is 2.09 bits per heavy atom. The summed E-state index contributed by atoms with van der Waals surface area (Å²) in [6.07, 6.45) is 0.259. The van der Waals surface area contributed by atoms with E-state index in [4.69, 9.17) is 16.6 Å². The monoisotopic (exact) mass is 182 g/mol. The predicted octanol–water partition coefficient (Wildman–Crippen LogP) is -0.618. The molecule has 0 heterocycles. The number of carbonyl (C=O) groups excluding carboxylic acids is 1. The molecule has 0 aliphatic carbocycles. The molecule has 0 aromatic rings. The standard InChI is InChI=1S/C6H14N2O2.ClH/c1-2-3-4(7)5(9)6(8)10;/h4-5,9H,2-3,7H2,1H3,(H2,8,10);1H. The minimum atomic E-state index is -1.19. The van der Waals surface area contributed by atoms with Gasteiger partial charge < -0.3 is 16.6 Å². The summed E-state index contributed by atoms with van der Waals surface area (Å²) < 4.78 is 0. The zero-order chi connectivity index (χ0) is 8.15. The Balaban J connectivity index is 0. The number of rotatable bonds is 4. The van der Waals surface area contributed by atoms with Crippen molar-refractivity contribution in [3.63, 3.8) is 0 Å². The Bertz CT molecular complexity index is 121. The van der Waals surface area contributed by atoms with Crippen molar-refractivity contribution in [1.82, 2.24) is 0 Å². The summed E-state index contributed by atoms with van der Waals surface area (Å²) in [7, 11) is 0. The molecular weight excluding hydrogens is 168 g/mol. The maximum absolute atomic E-state index is 10.3. The normalized spacial score (nSPS) is 14.8. The van der Waals surface area contributed by atoms with Gasteiger partial charge in [0.05, 0.1) is 0 Å². The summed E-state index contributed by atoms with van der Waals surface area (Å²) in [5.41, 5.74) is 10.2. The lowest BCUT2D eigenvalue weighted by Gasteiger charge is -2.13. The highest BCUT2D eigenvalue weighted by Crippen LogP contribution is 1.97. The first-order chi connectivity index (χ1) is 4.59. The lowest BCUT2D eigenvalue weighted by molar-refractivity contribution is -0.127. The van der Waals surface area contributed by atoms with Gasteiger partial charge in [-0.3, -0.25) is 4.79 Å². The van der Waals surface area contributed by atoms with Gasteiger partial charge in [0.1, 0.15) is 6.10 Å². The molecule has 2 atom stereocenters. The maximum Gasteiger partial charge on any atom is 0.247 e. The molecule has 5 N–H and O–H groups in total. The fourth-order valence-electron chi connectivity index (χ4n) is 0.702. The number of carbonyl (C=O) groups is 1. The molecular formula is C6H15ClN2O2. The van der Waals surface area contributed by atoms with E-state index in [-0.39, 0.29) is 12.4 Å². The van der Waals surface area contributed by atoms with E-state index in [2.05, 4.69) is 0 Å². The molecule has 5 heteroatoms. The van der Waals surface area contributed by atoms with Gasteiger partial charge in [-0.25, -0.2) is 0 Å². The first-order valence-corrected chi connectivity index (χ1v) is 3.32. The molecule has 4 nitrogen and oxygen atoms in total. The topological polar surface area (TPSA) is 89.3 Å². The van der Waals surface area contributed by atoms with Gasteiger partial charge in [0.15, 0.2) is 0 Å². The number of amides is 1. The van der Waals surface area contributed by atoms with E-state index in [1.165, 1.54) is 0 Å².